The molecule has 0 aromatic carbocycles. The first-order valence-corrected chi connectivity index (χ1v) is 7.83. The van der Waals surface area contributed by atoms with Gasteiger partial charge in [0.25, 0.3) is 0 Å². The molecule has 0 aliphatic rings. The van der Waals surface area contributed by atoms with Gasteiger partial charge in [0, 0.05) is 25.3 Å². The Morgan fingerprint density at radius 1 is 1.19 bits per heavy atom. The minimum Gasteiger partial charge on any atom is -0.374 e. The number of ether oxygens (including phenoxy) is 1. The molecule has 120 valence electrons. The predicted octanol–water partition coefficient (Wildman–Crippen LogP) is 3.68. The second-order valence-corrected chi connectivity index (χ2v) is 6.35. The summed E-state index contributed by atoms with van der Waals surface area (Å²) in [5.41, 5.74) is 0.169. The smallest absolute Gasteiger partial charge is 0.158 e. The molecule has 1 atom stereocenters. The molecule has 0 fully saturated rings. The summed E-state index contributed by atoms with van der Waals surface area (Å²) in [5, 5.41) is 6.79. The van der Waals surface area contributed by atoms with Crippen LogP contribution in [0.25, 0.3) is 0 Å². The molecule has 1 rings (SSSR count). The van der Waals surface area contributed by atoms with Gasteiger partial charge in [-0.1, -0.05) is 27.7 Å². The van der Waals surface area contributed by atoms with Crippen LogP contribution in [0.1, 0.15) is 53.8 Å². The summed E-state index contributed by atoms with van der Waals surface area (Å²) in [7, 11) is 0. The van der Waals surface area contributed by atoms with Gasteiger partial charge in [0.05, 0.1) is 0 Å². The lowest BCUT2D eigenvalue weighted by Crippen LogP contribution is -2.31. The maximum atomic E-state index is 5.43. The summed E-state index contributed by atoms with van der Waals surface area (Å²) in [6, 6.07) is 2.28. The number of nitrogens with one attached hydrogen (secondary N) is 2. The van der Waals surface area contributed by atoms with Crippen molar-refractivity contribution in [2.75, 3.05) is 23.8 Å². The van der Waals surface area contributed by atoms with Gasteiger partial charge in [-0.3, -0.25) is 0 Å². The molecule has 1 unspecified atom stereocenters. The zero-order valence-electron chi connectivity index (χ0n) is 14.3. The third-order valence-electron chi connectivity index (χ3n) is 3.43. The van der Waals surface area contributed by atoms with Crippen molar-refractivity contribution < 1.29 is 4.74 Å². The largest absolute Gasteiger partial charge is 0.374 e. The Kier molecular flexibility index (Phi) is 6.89. The molecular weight excluding hydrogens is 264 g/mol. The molecule has 0 amide bonds. The lowest BCUT2D eigenvalue weighted by atomic mass is 9.88. The van der Waals surface area contributed by atoms with Crippen molar-refractivity contribution in [3.8, 4) is 0 Å². The Labute approximate surface area is 128 Å². The van der Waals surface area contributed by atoms with Crippen LogP contribution in [0.15, 0.2) is 6.07 Å². The zero-order chi connectivity index (χ0) is 15.9. The topological polar surface area (TPSA) is 59.1 Å². The molecule has 1 aromatic heterocycles. The van der Waals surface area contributed by atoms with Crippen molar-refractivity contribution in [3.63, 3.8) is 0 Å². The number of hydrogen-bond acceptors (Lipinski definition) is 5. The van der Waals surface area contributed by atoms with Gasteiger partial charge in [-0.05, 0) is 25.7 Å². The van der Waals surface area contributed by atoms with Crippen LogP contribution < -0.4 is 10.6 Å². The molecule has 1 heterocycles. The number of rotatable bonds is 8. The fourth-order valence-electron chi connectivity index (χ4n) is 1.61. The molecule has 1 aromatic rings. The lowest BCUT2D eigenvalue weighted by molar-refractivity contribution is 0.128. The second-order valence-electron chi connectivity index (χ2n) is 6.35. The molecular formula is C16H30N4O. The van der Waals surface area contributed by atoms with E-state index in [9.17, 15) is 0 Å². The van der Waals surface area contributed by atoms with Crippen LogP contribution in [-0.2, 0) is 11.3 Å². The Morgan fingerprint density at radius 3 is 2.43 bits per heavy atom. The number of hydrogen-bond donors (Lipinski definition) is 2. The van der Waals surface area contributed by atoms with E-state index in [0.717, 1.165) is 24.6 Å². The van der Waals surface area contributed by atoms with E-state index in [2.05, 4.69) is 55.2 Å². The van der Waals surface area contributed by atoms with Crippen molar-refractivity contribution in [1.82, 2.24) is 9.97 Å². The van der Waals surface area contributed by atoms with Crippen LogP contribution in [0.4, 0.5) is 11.6 Å². The van der Waals surface area contributed by atoms with Gasteiger partial charge in [-0.15, -0.1) is 0 Å². The quantitative estimate of drug-likeness (QED) is 0.766. The van der Waals surface area contributed by atoms with Crippen LogP contribution in [0, 0.1) is 5.41 Å². The van der Waals surface area contributed by atoms with Crippen LogP contribution >= 0.6 is 0 Å². The number of anilines is 2. The molecule has 0 saturated carbocycles. The van der Waals surface area contributed by atoms with Crippen molar-refractivity contribution in [3.05, 3.63) is 11.9 Å². The normalized spacial score (nSPS) is 13.0. The molecule has 0 aliphatic carbocycles. The first-order valence-electron chi connectivity index (χ1n) is 7.83. The maximum Gasteiger partial charge on any atom is 0.158 e. The summed E-state index contributed by atoms with van der Waals surface area (Å²) >= 11 is 0. The van der Waals surface area contributed by atoms with Crippen molar-refractivity contribution in [2.45, 2.75) is 60.6 Å². The number of nitrogens with zero attached hydrogens (tertiary/aromatic N) is 2. The molecule has 0 spiro atoms. The molecule has 21 heavy (non-hydrogen) atoms. The van der Waals surface area contributed by atoms with Gasteiger partial charge in [0.15, 0.2) is 5.82 Å². The Bertz CT molecular complexity index is 403. The van der Waals surface area contributed by atoms with Gasteiger partial charge < -0.3 is 15.4 Å². The van der Waals surface area contributed by atoms with E-state index in [-0.39, 0.29) is 5.41 Å². The lowest BCUT2D eigenvalue weighted by Gasteiger charge is -2.28. The van der Waals surface area contributed by atoms with Gasteiger partial charge >= 0.3 is 0 Å². The second kappa shape index (κ2) is 8.17. The highest BCUT2D eigenvalue weighted by atomic mass is 16.5. The van der Waals surface area contributed by atoms with Crippen molar-refractivity contribution in [1.29, 1.82) is 0 Å². The minimum absolute atomic E-state index is 0.169. The first kappa shape index (κ1) is 17.7. The van der Waals surface area contributed by atoms with Crippen LogP contribution in [0.3, 0.4) is 0 Å². The van der Waals surface area contributed by atoms with Crippen LogP contribution in [0.2, 0.25) is 0 Å². The van der Waals surface area contributed by atoms with Gasteiger partial charge in [0.1, 0.15) is 18.2 Å². The van der Waals surface area contributed by atoms with Crippen molar-refractivity contribution in [2.24, 2.45) is 5.41 Å². The Hall–Kier alpha value is -1.36. The standard InChI is InChI=1S/C16H30N4O/c1-7-9-17-13-10-14(18-12(3)16(4,5)6)20-15(19-13)11-21-8-2/h10,12H,7-9,11H2,1-6H3,(H2,17,18,19,20). The summed E-state index contributed by atoms with van der Waals surface area (Å²) in [6.07, 6.45) is 1.06. The third kappa shape index (κ3) is 6.29. The van der Waals surface area contributed by atoms with E-state index < -0.39 is 0 Å². The summed E-state index contributed by atoms with van der Waals surface area (Å²) < 4.78 is 5.43. The summed E-state index contributed by atoms with van der Waals surface area (Å²) in [6.45, 7) is 14.9. The zero-order valence-corrected chi connectivity index (χ0v) is 14.3. The molecule has 0 saturated heterocycles. The molecule has 2 N–H and O–H groups in total. The average molecular weight is 294 g/mol. The highest BCUT2D eigenvalue weighted by Gasteiger charge is 2.20. The van der Waals surface area contributed by atoms with E-state index >= 15 is 0 Å². The fraction of sp³-hybridized carbons (Fsp3) is 0.750. The highest BCUT2D eigenvalue weighted by molar-refractivity contribution is 5.48. The summed E-state index contributed by atoms with van der Waals surface area (Å²) in [4.78, 5) is 9.04. The van der Waals surface area contributed by atoms with Gasteiger partial charge in [-0.25, -0.2) is 9.97 Å². The SMILES string of the molecule is CCCNc1cc(NC(C)C(C)(C)C)nc(COCC)n1. The average Bonchev–Trinajstić information content (AvgIpc) is 2.41. The predicted molar refractivity (Wildman–Crippen MR) is 88.7 cm³/mol. The van der Waals surface area contributed by atoms with Crippen LogP contribution in [0.5, 0.6) is 0 Å². The molecule has 0 bridgehead atoms. The van der Waals surface area contributed by atoms with E-state index in [1.807, 2.05) is 13.0 Å². The highest BCUT2D eigenvalue weighted by Crippen LogP contribution is 2.23. The van der Waals surface area contributed by atoms with Gasteiger partial charge in [-0.2, -0.15) is 0 Å². The Morgan fingerprint density at radius 2 is 1.86 bits per heavy atom. The molecule has 0 aliphatic heterocycles. The fourth-order valence-corrected chi connectivity index (χ4v) is 1.61. The molecule has 0 radical (unpaired) electrons. The van der Waals surface area contributed by atoms with Crippen molar-refractivity contribution >= 4 is 11.6 Å². The Balaban J connectivity index is 2.89. The summed E-state index contributed by atoms with van der Waals surface area (Å²) in [5.74, 6) is 2.41. The number of aromatic nitrogens is 2. The van der Waals surface area contributed by atoms with Gasteiger partial charge in [0.2, 0.25) is 0 Å². The monoisotopic (exact) mass is 294 g/mol. The first-order chi connectivity index (χ1) is 9.86. The molecule has 5 heteroatoms. The van der Waals surface area contributed by atoms with Crippen LogP contribution in [-0.4, -0.2) is 29.2 Å². The third-order valence-corrected chi connectivity index (χ3v) is 3.43. The van der Waals surface area contributed by atoms with E-state index in [0.29, 0.717) is 25.1 Å². The van der Waals surface area contributed by atoms with E-state index in [1.165, 1.54) is 0 Å². The maximum absolute atomic E-state index is 5.43. The van der Waals surface area contributed by atoms with E-state index in [4.69, 9.17) is 4.74 Å². The minimum atomic E-state index is 0.169. The molecule has 5 nitrogen and oxygen atoms in total. The van der Waals surface area contributed by atoms with E-state index in [1.54, 1.807) is 0 Å².